The first-order valence-electron chi connectivity index (χ1n) is 11.2. The number of nitro benzene ring substituents is 2. The highest BCUT2D eigenvalue weighted by Gasteiger charge is 2.07. The van der Waals surface area contributed by atoms with E-state index in [0.717, 1.165) is 10.8 Å². The molecule has 12 nitrogen and oxygen atoms in total. The molecule has 0 fully saturated rings. The zero-order valence-electron chi connectivity index (χ0n) is 19.6. The van der Waals surface area contributed by atoms with Gasteiger partial charge in [0.15, 0.2) is 0 Å². The van der Waals surface area contributed by atoms with E-state index in [1.165, 1.54) is 24.3 Å². The number of nitrogens with one attached hydrogen (secondary N) is 2. The summed E-state index contributed by atoms with van der Waals surface area (Å²) in [5.41, 5.74) is 9.46. The normalized spacial score (nSPS) is 11.4. The minimum absolute atomic E-state index is 0.00152. The largest absolute Gasteiger partial charge is 0.278 e. The number of pyridine rings is 2. The molecular formula is C26H18N8O4. The number of benzene rings is 3. The number of anilines is 2. The molecule has 2 N–H and O–H groups in total. The van der Waals surface area contributed by atoms with Crippen LogP contribution < -0.4 is 10.9 Å². The molecule has 0 unspecified atom stereocenters. The van der Waals surface area contributed by atoms with Crippen LogP contribution in [0, 0.1) is 20.2 Å². The number of hydrogen-bond acceptors (Lipinski definition) is 10. The first-order valence-corrected chi connectivity index (χ1v) is 11.2. The summed E-state index contributed by atoms with van der Waals surface area (Å²) in [5, 5.41) is 31.7. The van der Waals surface area contributed by atoms with Gasteiger partial charge in [-0.3, -0.25) is 31.1 Å². The predicted octanol–water partition coefficient (Wildman–Crippen LogP) is 5.49. The van der Waals surface area contributed by atoms with Crippen LogP contribution in [-0.2, 0) is 0 Å². The molecule has 0 bridgehead atoms. The maximum atomic E-state index is 10.8. The van der Waals surface area contributed by atoms with E-state index >= 15 is 0 Å². The van der Waals surface area contributed by atoms with Crippen molar-refractivity contribution >= 4 is 57.0 Å². The fourth-order valence-electron chi connectivity index (χ4n) is 3.60. The smallest absolute Gasteiger partial charge is 0.269 e. The number of nitro groups is 2. The van der Waals surface area contributed by atoms with E-state index in [1.807, 2.05) is 36.4 Å². The fraction of sp³-hybridized carbons (Fsp3) is 0. The Morgan fingerprint density at radius 3 is 1.32 bits per heavy atom. The minimum atomic E-state index is -0.461. The van der Waals surface area contributed by atoms with E-state index in [0.29, 0.717) is 33.8 Å². The molecule has 5 aromatic rings. The second-order valence-corrected chi connectivity index (χ2v) is 8.03. The Balaban J connectivity index is 1.35. The number of aromatic nitrogens is 2. The quantitative estimate of drug-likeness (QED) is 0.121. The molecule has 0 amide bonds. The maximum Gasteiger partial charge on any atom is 0.269 e. The molecule has 0 saturated heterocycles. The lowest BCUT2D eigenvalue weighted by Gasteiger charge is -2.05. The molecule has 3 aromatic carbocycles. The Kier molecular flexibility index (Phi) is 6.59. The third-order valence-corrected chi connectivity index (χ3v) is 5.50. The van der Waals surface area contributed by atoms with Crippen LogP contribution >= 0.6 is 0 Å². The monoisotopic (exact) mass is 506 g/mol. The number of non-ortho nitro benzene ring substituents is 2. The van der Waals surface area contributed by atoms with E-state index in [1.54, 1.807) is 36.7 Å². The molecule has 0 spiro atoms. The minimum Gasteiger partial charge on any atom is -0.278 e. The van der Waals surface area contributed by atoms with Crippen molar-refractivity contribution in [3.05, 3.63) is 117 Å². The van der Waals surface area contributed by atoms with Gasteiger partial charge in [0, 0.05) is 35.0 Å². The second-order valence-electron chi connectivity index (χ2n) is 8.03. The first-order chi connectivity index (χ1) is 18.5. The fourth-order valence-corrected chi connectivity index (χ4v) is 3.60. The molecule has 0 aliphatic rings. The van der Waals surface area contributed by atoms with Gasteiger partial charge in [0.25, 0.3) is 11.4 Å². The van der Waals surface area contributed by atoms with E-state index in [9.17, 15) is 20.2 Å². The van der Waals surface area contributed by atoms with Gasteiger partial charge in [0.1, 0.15) is 0 Å². The van der Waals surface area contributed by atoms with Crippen molar-refractivity contribution in [2.75, 3.05) is 10.9 Å². The van der Waals surface area contributed by atoms with Crippen molar-refractivity contribution in [3.8, 4) is 0 Å². The number of hydrazone groups is 2. The first kappa shape index (κ1) is 23.9. The lowest BCUT2D eigenvalue weighted by Crippen LogP contribution is -1.96. The maximum absolute atomic E-state index is 10.8. The summed E-state index contributed by atoms with van der Waals surface area (Å²) in [7, 11) is 0. The van der Waals surface area contributed by atoms with Crippen LogP contribution in [0.1, 0.15) is 11.4 Å². The molecule has 0 aliphatic heterocycles. The Hall–Kier alpha value is -5.78. The van der Waals surface area contributed by atoms with Gasteiger partial charge in [-0.25, -0.2) is 9.97 Å². The van der Waals surface area contributed by atoms with Crippen molar-refractivity contribution in [2.24, 2.45) is 10.2 Å². The highest BCUT2D eigenvalue weighted by atomic mass is 16.6. The average Bonchev–Trinajstić information content (AvgIpc) is 2.93. The summed E-state index contributed by atoms with van der Waals surface area (Å²) in [6.45, 7) is 0. The second kappa shape index (κ2) is 10.5. The van der Waals surface area contributed by atoms with Gasteiger partial charge in [0.05, 0.1) is 56.1 Å². The van der Waals surface area contributed by atoms with Crippen LogP contribution in [0.5, 0.6) is 0 Å². The van der Waals surface area contributed by atoms with Crippen molar-refractivity contribution in [1.29, 1.82) is 0 Å². The summed E-state index contributed by atoms with van der Waals surface area (Å²) < 4.78 is 0. The molecule has 0 aliphatic carbocycles. The van der Waals surface area contributed by atoms with E-state index in [-0.39, 0.29) is 11.4 Å². The van der Waals surface area contributed by atoms with Gasteiger partial charge < -0.3 is 0 Å². The van der Waals surface area contributed by atoms with E-state index in [4.69, 9.17) is 9.97 Å². The van der Waals surface area contributed by atoms with Gasteiger partial charge in [-0.2, -0.15) is 10.2 Å². The number of hydrogen-bond donors (Lipinski definition) is 2. The summed E-state index contributed by atoms with van der Waals surface area (Å²) in [5.74, 6) is 0. The predicted molar refractivity (Wildman–Crippen MR) is 146 cm³/mol. The van der Waals surface area contributed by atoms with Crippen LogP contribution in [0.15, 0.2) is 95.1 Å². The van der Waals surface area contributed by atoms with Gasteiger partial charge in [0.2, 0.25) is 0 Å². The average molecular weight is 506 g/mol. The number of rotatable bonds is 8. The molecule has 2 heterocycles. The topological polar surface area (TPSA) is 161 Å². The summed E-state index contributed by atoms with van der Waals surface area (Å²) in [4.78, 5) is 30.1. The van der Waals surface area contributed by atoms with Crippen molar-refractivity contribution in [3.63, 3.8) is 0 Å². The summed E-state index contributed by atoms with van der Waals surface area (Å²) in [6.07, 6.45) is 3.11. The van der Waals surface area contributed by atoms with Crippen LogP contribution in [0.25, 0.3) is 21.8 Å². The number of nitrogens with zero attached hydrogens (tertiary/aromatic N) is 6. The zero-order chi connectivity index (χ0) is 26.5. The van der Waals surface area contributed by atoms with Gasteiger partial charge >= 0.3 is 0 Å². The van der Waals surface area contributed by atoms with E-state index in [2.05, 4.69) is 21.1 Å². The molecular weight excluding hydrogens is 488 g/mol. The standard InChI is InChI=1S/C26H18N8O4/c35-33(36)23-11-7-19(8-12-23)31-27-15-21-5-3-17-1-2-18-4-6-22(30-26(18)25(17)29-21)16-28-32-20-9-13-24(14-10-20)34(37)38/h1-16,31-32H/b27-15-,28-16+. The Bertz CT molecular complexity index is 1590. The third-order valence-electron chi connectivity index (χ3n) is 5.50. The molecule has 186 valence electrons. The van der Waals surface area contributed by atoms with E-state index < -0.39 is 9.85 Å². The summed E-state index contributed by atoms with van der Waals surface area (Å²) in [6, 6.07) is 23.3. The highest BCUT2D eigenvalue weighted by molar-refractivity contribution is 6.04. The van der Waals surface area contributed by atoms with Crippen LogP contribution in [-0.4, -0.2) is 32.2 Å². The summed E-state index contributed by atoms with van der Waals surface area (Å²) >= 11 is 0. The SMILES string of the molecule is O=[N+]([O-])c1ccc(N/N=C\c2ccc3ccc4ccc(/C=N/Nc5ccc([N+](=O)[O-])cc5)nc4c3n2)cc1. The molecule has 5 rings (SSSR count). The Labute approximate surface area is 214 Å². The van der Waals surface area contributed by atoms with Crippen molar-refractivity contribution in [1.82, 2.24) is 9.97 Å². The Morgan fingerprint density at radius 1 is 0.579 bits per heavy atom. The number of fused-ring (bicyclic) bond motifs is 3. The van der Waals surface area contributed by atoms with Gasteiger partial charge in [-0.1, -0.05) is 24.3 Å². The molecule has 0 saturated carbocycles. The third kappa shape index (κ3) is 5.39. The Morgan fingerprint density at radius 2 is 0.947 bits per heavy atom. The van der Waals surface area contributed by atoms with Crippen molar-refractivity contribution < 1.29 is 9.85 Å². The molecule has 12 heteroatoms. The molecule has 0 atom stereocenters. The molecule has 38 heavy (non-hydrogen) atoms. The van der Waals surface area contributed by atoms with Crippen LogP contribution in [0.2, 0.25) is 0 Å². The van der Waals surface area contributed by atoms with Crippen molar-refractivity contribution in [2.45, 2.75) is 0 Å². The lowest BCUT2D eigenvalue weighted by atomic mass is 10.1. The zero-order valence-corrected chi connectivity index (χ0v) is 19.6. The van der Waals surface area contributed by atoms with Gasteiger partial charge in [-0.15, -0.1) is 0 Å². The lowest BCUT2D eigenvalue weighted by molar-refractivity contribution is -0.385. The van der Waals surface area contributed by atoms with Gasteiger partial charge in [-0.05, 0) is 36.4 Å². The molecule has 0 radical (unpaired) electrons. The highest BCUT2D eigenvalue weighted by Crippen LogP contribution is 2.23. The van der Waals surface area contributed by atoms with Crippen LogP contribution in [0.3, 0.4) is 0 Å². The van der Waals surface area contributed by atoms with Crippen LogP contribution in [0.4, 0.5) is 22.7 Å². The molecule has 2 aromatic heterocycles.